The van der Waals surface area contributed by atoms with E-state index in [4.69, 9.17) is 16.7 Å². The number of thioether (sulfide) groups is 1. The molecule has 2 aromatic rings. The Kier molecular flexibility index (Phi) is 6.23. The first-order chi connectivity index (χ1) is 10.3. The van der Waals surface area contributed by atoms with Crippen molar-refractivity contribution in [3.63, 3.8) is 0 Å². The van der Waals surface area contributed by atoms with Crippen molar-refractivity contribution in [2.45, 2.75) is 5.75 Å². The lowest BCUT2D eigenvalue weighted by Gasteiger charge is -2.09. The van der Waals surface area contributed by atoms with Gasteiger partial charge in [0.25, 0.3) is 5.91 Å². The normalized spacial score (nSPS) is 10.1. The number of nitrogens with one attached hydrogen (secondary N) is 2. The molecule has 0 unspecified atom stereocenters. The first-order valence-corrected chi connectivity index (χ1v) is 7.93. The summed E-state index contributed by atoms with van der Waals surface area (Å²) in [6, 6.07) is 10.8. The molecule has 1 aromatic heterocycles. The number of hydrogen-bond acceptors (Lipinski definition) is 5. The Morgan fingerprint density at radius 2 is 2.10 bits per heavy atom. The van der Waals surface area contributed by atoms with Gasteiger partial charge in [-0.25, -0.2) is 0 Å². The molecule has 0 aliphatic heterocycles. The van der Waals surface area contributed by atoms with Crippen molar-refractivity contribution in [1.82, 2.24) is 15.8 Å². The van der Waals surface area contributed by atoms with Crippen molar-refractivity contribution in [3.05, 3.63) is 53.9 Å². The number of hydrogen-bond donors (Lipinski definition) is 2. The molecule has 1 amide bonds. The summed E-state index contributed by atoms with van der Waals surface area (Å²) in [4.78, 5) is 11.8. The number of carbonyl (C=O) groups is 1. The van der Waals surface area contributed by atoms with E-state index in [9.17, 15) is 4.79 Å². The lowest BCUT2D eigenvalue weighted by Crippen LogP contribution is -2.40. The van der Waals surface area contributed by atoms with Gasteiger partial charge in [-0.1, -0.05) is 23.4 Å². The van der Waals surface area contributed by atoms with E-state index in [1.54, 1.807) is 30.2 Å². The van der Waals surface area contributed by atoms with Crippen molar-refractivity contribution < 1.29 is 9.32 Å². The maximum absolute atomic E-state index is 11.8. The predicted octanol–water partition coefficient (Wildman–Crippen LogP) is 2.21. The van der Waals surface area contributed by atoms with E-state index in [1.807, 2.05) is 24.3 Å². The second-order valence-corrected chi connectivity index (χ2v) is 5.63. The number of benzene rings is 1. The summed E-state index contributed by atoms with van der Waals surface area (Å²) in [7, 11) is 0. The Labute approximate surface area is 132 Å². The zero-order valence-electron chi connectivity index (χ0n) is 11.2. The van der Waals surface area contributed by atoms with Gasteiger partial charge in [-0.3, -0.25) is 10.1 Å². The van der Waals surface area contributed by atoms with Gasteiger partial charge < -0.3 is 9.84 Å². The summed E-state index contributed by atoms with van der Waals surface area (Å²) in [5.74, 6) is 1.44. The molecule has 0 radical (unpaired) electrons. The quantitative estimate of drug-likeness (QED) is 0.628. The van der Waals surface area contributed by atoms with Crippen LogP contribution in [0, 0.1) is 0 Å². The molecular weight excluding hydrogens is 306 g/mol. The molecule has 0 saturated heterocycles. The average molecular weight is 321 g/mol. The van der Waals surface area contributed by atoms with Crippen LogP contribution in [0.1, 0.15) is 16.1 Å². The summed E-state index contributed by atoms with van der Waals surface area (Å²) < 4.78 is 4.75. The number of rotatable bonds is 6. The van der Waals surface area contributed by atoms with Crippen LogP contribution in [0.3, 0.4) is 0 Å². The van der Waals surface area contributed by atoms with Gasteiger partial charge in [0, 0.05) is 29.7 Å². The van der Waals surface area contributed by atoms with Gasteiger partial charge in [0.2, 0.25) is 0 Å². The van der Waals surface area contributed by atoms with Crippen molar-refractivity contribution in [3.8, 4) is 0 Å². The van der Waals surface area contributed by atoms with E-state index in [2.05, 4.69) is 15.8 Å². The van der Waals surface area contributed by atoms with Gasteiger partial charge >= 0.3 is 0 Å². The van der Waals surface area contributed by atoms with Gasteiger partial charge in [0.15, 0.2) is 5.11 Å². The van der Waals surface area contributed by atoms with Crippen molar-refractivity contribution in [1.29, 1.82) is 0 Å². The van der Waals surface area contributed by atoms with E-state index >= 15 is 0 Å². The average Bonchev–Trinajstić information content (AvgIpc) is 3.01. The minimum absolute atomic E-state index is 0.205. The first-order valence-electron chi connectivity index (χ1n) is 6.37. The summed E-state index contributed by atoms with van der Waals surface area (Å²) >= 11 is 6.79. The van der Waals surface area contributed by atoms with Gasteiger partial charge in [-0.15, -0.1) is 0 Å². The second kappa shape index (κ2) is 8.43. The molecule has 2 N–H and O–H groups in total. The number of thiocarbonyl (C=S) groups is 1. The Balaban J connectivity index is 1.60. The Morgan fingerprint density at radius 1 is 1.29 bits per heavy atom. The molecule has 0 aliphatic carbocycles. The van der Waals surface area contributed by atoms with Crippen LogP contribution in [0.5, 0.6) is 0 Å². The monoisotopic (exact) mass is 321 g/mol. The number of aromatic nitrogens is 1. The van der Waals surface area contributed by atoms with Crippen molar-refractivity contribution in [2.75, 3.05) is 12.3 Å². The molecular formula is C14H15N3O2S2. The maximum atomic E-state index is 11.8. The molecule has 7 heteroatoms. The molecule has 21 heavy (non-hydrogen) atoms. The lowest BCUT2D eigenvalue weighted by atomic mass is 10.2. The van der Waals surface area contributed by atoms with Gasteiger partial charge in [0.05, 0.1) is 5.69 Å². The van der Waals surface area contributed by atoms with Crippen LogP contribution in [-0.4, -0.2) is 28.5 Å². The fourth-order valence-electron chi connectivity index (χ4n) is 1.53. The highest BCUT2D eigenvalue weighted by atomic mass is 32.2. The van der Waals surface area contributed by atoms with Crippen molar-refractivity contribution in [2.24, 2.45) is 0 Å². The van der Waals surface area contributed by atoms with Crippen LogP contribution >= 0.6 is 24.0 Å². The fraction of sp³-hybridized carbons (Fsp3) is 0.214. The zero-order valence-corrected chi connectivity index (χ0v) is 12.9. The molecule has 0 spiro atoms. The molecule has 2 rings (SSSR count). The van der Waals surface area contributed by atoms with Gasteiger partial charge in [0.1, 0.15) is 6.26 Å². The van der Waals surface area contributed by atoms with Gasteiger partial charge in [-0.2, -0.15) is 11.8 Å². The minimum Gasteiger partial charge on any atom is -0.364 e. The van der Waals surface area contributed by atoms with Crippen molar-refractivity contribution >= 4 is 35.0 Å². The SMILES string of the molecule is O=C(NC(=S)NCCSCc1ccon1)c1ccccc1. The topological polar surface area (TPSA) is 67.2 Å². The molecule has 0 fully saturated rings. The van der Waals surface area contributed by atoms with Crippen LogP contribution in [0.4, 0.5) is 0 Å². The molecule has 1 aromatic carbocycles. The third kappa shape index (κ3) is 5.57. The second-order valence-electron chi connectivity index (χ2n) is 4.12. The Bertz CT molecular complexity index is 573. The highest BCUT2D eigenvalue weighted by molar-refractivity contribution is 7.98. The summed E-state index contributed by atoms with van der Waals surface area (Å²) in [6.45, 7) is 0.677. The first kappa shape index (κ1) is 15.5. The minimum atomic E-state index is -0.205. The Morgan fingerprint density at radius 3 is 2.81 bits per heavy atom. The zero-order chi connectivity index (χ0) is 14.9. The predicted molar refractivity (Wildman–Crippen MR) is 87.2 cm³/mol. The molecule has 0 atom stereocenters. The highest BCUT2D eigenvalue weighted by Crippen LogP contribution is 2.08. The standard InChI is InChI=1S/C14H15N3O2S2/c18-13(11-4-2-1-3-5-11)16-14(20)15-7-9-21-10-12-6-8-19-17-12/h1-6,8H,7,9-10H2,(H2,15,16,18,20). The molecule has 110 valence electrons. The molecule has 0 bridgehead atoms. The van der Waals surface area contributed by atoms with Crippen LogP contribution in [0.2, 0.25) is 0 Å². The van der Waals surface area contributed by atoms with Gasteiger partial charge in [-0.05, 0) is 24.4 Å². The van der Waals surface area contributed by atoms with E-state index in [0.29, 0.717) is 17.2 Å². The fourth-order valence-corrected chi connectivity index (χ4v) is 2.48. The number of nitrogens with zero attached hydrogens (tertiary/aromatic N) is 1. The highest BCUT2D eigenvalue weighted by Gasteiger charge is 2.06. The number of amides is 1. The van der Waals surface area contributed by atoms with E-state index in [0.717, 1.165) is 17.2 Å². The summed E-state index contributed by atoms with van der Waals surface area (Å²) in [6.07, 6.45) is 1.56. The van der Waals surface area contributed by atoms with Crippen LogP contribution in [0.15, 0.2) is 47.2 Å². The molecule has 0 aliphatic rings. The maximum Gasteiger partial charge on any atom is 0.257 e. The van der Waals surface area contributed by atoms with E-state index < -0.39 is 0 Å². The third-order valence-corrected chi connectivity index (χ3v) is 3.78. The summed E-state index contributed by atoms with van der Waals surface area (Å²) in [5.41, 5.74) is 1.50. The summed E-state index contributed by atoms with van der Waals surface area (Å²) in [5, 5.41) is 9.81. The molecule has 1 heterocycles. The molecule has 5 nitrogen and oxygen atoms in total. The third-order valence-electron chi connectivity index (χ3n) is 2.54. The van der Waals surface area contributed by atoms with E-state index in [1.165, 1.54) is 0 Å². The number of carbonyl (C=O) groups excluding carboxylic acids is 1. The smallest absolute Gasteiger partial charge is 0.257 e. The van der Waals surface area contributed by atoms with Crippen LogP contribution in [0.25, 0.3) is 0 Å². The van der Waals surface area contributed by atoms with Crippen LogP contribution in [-0.2, 0) is 5.75 Å². The lowest BCUT2D eigenvalue weighted by molar-refractivity contribution is 0.0976. The van der Waals surface area contributed by atoms with E-state index in [-0.39, 0.29) is 5.91 Å². The Hall–Kier alpha value is -1.86. The molecule has 0 saturated carbocycles. The largest absolute Gasteiger partial charge is 0.364 e. The van der Waals surface area contributed by atoms with Crippen LogP contribution < -0.4 is 10.6 Å².